The Morgan fingerprint density at radius 2 is 1.84 bits per heavy atom. The molecule has 1 unspecified atom stereocenters. The molecule has 2 aromatic rings. The predicted molar refractivity (Wildman–Crippen MR) is 126 cm³/mol. The van der Waals surface area contributed by atoms with E-state index in [1.807, 2.05) is 4.90 Å². The highest BCUT2D eigenvalue weighted by molar-refractivity contribution is 5.82. The van der Waals surface area contributed by atoms with E-state index < -0.39 is 0 Å². The van der Waals surface area contributed by atoms with Gasteiger partial charge >= 0.3 is 0 Å². The van der Waals surface area contributed by atoms with Crippen LogP contribution in [0.4, 0.5) is 0 Å². The molecule has 3 heterocycles. The van der Waals surface area contributed by atoms with Crippen molar-refractivity contribution in [2.24, 2.45) is 4.99 Å². The van der Waals surface area contributed by atoms with Crippen molar-refractivity contribution in [1.82, 2.24) is 25.0 Å². The summed E-state index contributed by atoms with van der Waals surface area (Å²) in [5.74, 6) is 1.28. The first-order chi connectivity index (χ1) is 15.2. The maximum absolute atomic E-state index is 12.7. The lowest BCUT2D eigenvalue weighted by atomic mass is 10.2. The number of H-pyrrole nitrogens is 1. The summed E-state index contributed by atoms with van der Waals surface area (Å²) in [6.07, 6.45) is 3.19. The first-order valence-corrected chi connectivity index (χ1v) is 11.8. The van der Waals surface area contributed by atoms with Crippen molar-refractivity contribution in [3.05, 3.63) is 36.0 Å². The Balaban J connectivity index is 1.30. The zero-order valence-electron chi connectivity index (χ0n) is 18.9. The molecule has 2 aliphatic heterocycles. The summed E-state index contributed by atoms with van der Waals surface area (Å²) in [5.41, 5.74) is 2.40. The third kappa shape index (κ3) is 5.21. The smallest absolute Gasteiger partial charge is 0.239 e. The number of benzene rings is 1. The SMILES string of the molecule is CCNC(=NCCc1cc2ccccc2[nH]1)N1CCN(C(C)C(=O)N2CCCC2)CC1. The van der Waals surface area contributed by atoms with Crippen LogP contribution in [0.1, 0.15) is 32.4 Å². The number of amides is 1. The second-order valence-electron chi connectivity index (χ2n) is 8.60. The van der Waals surface area contributed by atoms with Gasteiger partial charge in [-0.1, -0.05) is 18.2 Å². The van der Waals surface area contributed by atoms with Crippen LogP contribution in [0.5, 0.6) is 0 Å². The van der Waals surface area contributed by atoms with Crippen molar-refractivity contribution in [3.63, 3.8) is 0 Å². The van der Waals surface area contributed by atoms with Crippen molar-refractivity contribution in [2.45, 2.75) is 39.2 Å². The molecular weight excluding hydrogens is 388 g/mol. The van der Waals surface area contributed by atoms with E-state index in [1.165, 1.54) is 16.6 Å². The molecule has 0 bridgehead atoms. The van der Waals surface area contributed by atoms with Gasteiger partial charge in [-0.25, -0.2) is 0 Å². The average Bonchev–Trinajstić information content (AvgIpc) is 3.47. The molecule has 0 aliphatic carbocycles. The molecule has 0 spiro atoms. The van der Waals surface area contributed by atoms with Gasteiger partial charge < -0.3 is 20.1 Å². The highest BCUT2D eigenvalue weighted by Crippen LogP contribution is 2.16. The summed E-state index contributed by atoms with van der Waals surface area (Å²) in [5, 5.41) is 4.70. The third-order valence-electron chi connectivity index (χ3n) is 6.50. The molecule has 0 radical (unpaired) electrons. The molecule has 4 rings (SSSR count). The number of nitrogens with one attached hydrogen (secondary N) is 2. The molecule has 1 aromatic heterocycles. The van der Waals surface area contributed by atoms with E-state index in [2.05, 4.69) is 64.3 Å². The van der Waals surface area contributed by atoms with E-state index >= 15 is 0 Å². The third-order valence-corrected chi connectivity index (χ3v) is 6.50. The Labute approximate surface area is 185 Å². The number of rotatable bonds is 6. The summed E-state index contributed by atoms with van der Waals surface area (Å²) < 4.78 is 0. The Morgan fingerprint density at radius 1 is 1.10 bits per heavy atom. The number of carbonyl (C=O) groups excluding carboxylic acids is 1. The molecule has 1 atom stereocenters. The average molecular weight is 425 g/mol. The van der Waals surface area contributed by atoms with Crippen LogP contribution in [0.25, 0.3) is 10.9 Å². The van der Waals surface area contributed by atoms with Gasteiger partial charge in [-0.2, -0.15) is 0 Å². The molecule has 1 aromatic carbocycles. The van der Waals surface area contributed by atoms with Gasteiger partial charge in [0.1, 0.15) is 0 Å². The Morgan fingerprint density at radius 3 is 2.55 bits per heavy atom. The van der Waals surface area contributed by atoms with E-state index in [0.717, 1.165) is 77.6 Å². The number of aliphatic imine (C=N–C) groups is 1. The molecule has 31 heavy (non-hydrogen) atoms. The molecule has 2 aliphatic rings. The normalized spacial score (nSPS) is 19.2. The lowest BCUT2D eigenvalue weighted by molar-refractivity contribution is -0.135. The van der Waals surface area contributed by atoms with Gasteiger partial charge in [0.25, 0.3) is 0 Å². The second kappa shape index (κ2) is 10.2. The first kappa shape index (κ1) is 21.7. The molecular formula is C24H36N6O. The molecule has 2 fully saturated rings. The van der Waals surface area contributed by atoms with Crippen LogP contribution in [0.15, 0.2) is 35.3 Å². The van der Waals surface area contributed by atoms with Crippen LogP contribution < -0.4 is 5.32 Å². The zero-order valence-corrected chi connectivity index (χ0v) is 18.9. The number of hydrogen-bond donors (Lipinski definition) is 2. The lowest BCUT2D eigenvalue weighted by Crippen LogP contribution is -2.57. The minimum absolute atomic E-state index is 0.0261. The number of fused-ring (bicyclic) bond motifs is 1. The van der Waals surface area contributed by atoms with E-state index in [9.17, 15) is 4.79 Å². The van der Waals surface area contributed by atoms with Crippen molar-refractivity contribution in [1.29, 1.82) is 0 Å². The number of carbonyl (C=O) groups is 1. The molecule has 2 saturated heterocycles. The topological polar surface area (TPSA) is 67.0 Å². The molecule has 7 nitrogen and oxygen atoms in total. The van der Waals surface area contributed by atoms with Crippen LogP contribution >= 0.6 is 0 Å². The highest BCUT2D eigenvalue weighted by Gasteiger charge is 2.30. The minimum Gasteiger partial charge on any atom is -0.358 e. The first-order valence-electron chi connectivity index (χ1n) is 11.8. The summed E-state index contributed by atoms with van der Waals surface area (Å²) in [4.78, 5) is 27.8. The van der Waals surface area contributed by atoms with Crippen molar-refractivity contribution >= 4 is 22.8 Å². The largest absolute Gasteiger partial charge is 0.358 e. The minimum atomic E-state index is -0.0261. The van der Waals surface area contributed by atoms with Crippen LogP contribution in [-0.2, 0) is 11.2 Å². The summed E-state index contributed by atoms with van der Waals surface area (Å²) in [7, 11) is 0. The standard InChI is InChI=1S/C24H36N6O/c1-3-25-24(26-11-10-21-18-20-8-4-5-9-22(20)27-21)30-16-14-28(15-17-30)19(2)23(31)29-12-6-7-13-29/h4-5,8-9,18-19,27H,3,6-7,10-17H2,1-2H3,(H,25,26). The molecule has 168 valence electrons. The fourth-order valence-corrected chi connectivity index (χ4v) is 4.66. The maximum atomic E-state index is 12.7. The highest BCUT2D eigenvalue weighted by atomic mass is 16.2. The number of guanidine groups is 1. The summed E-state index contributed by atoms with van der Waals surface area (Å²) in [6, 6.07) is 10.6. The quantitative estimate of drug-likeness (QED) is 0.552. The van der Waals surface area contributed by atoms with Gasteiger partial charge in [-0.05, 0) is 44.2 Å². The van der Waals surface area contributed by atoms with Gasteiger partial charge in [0, 0.05) is 70.0 Å². The summed E-state index contributed by atoms with van der Waals surface area (Å²) in [6.45, 7) is 11.2. The fraction of sp³-hybridized carbons (Fsp3) is 0.583. The van der Waals surface area contributed by atoms with E-state index in [4.69, 9.17) is 4.99 Å². The predicted octanol–water partition coefficient (Wildman–Crippen LogP) is 2.30. The Kier molecular flexibility index (Phi) is 7.12. The number of likely N-dealkylation sites (tertiary alicyclic amines) is 1. The lowest BCUT2D eigenvalue weighted by Gasteiger charge is -2.39. The maximum Gasteiger partial charge on any atom is 0.239 e. The van der Waals surface area contributed by atoms with Crippen LogP contribution in [-0.4, -0.2) is 90.0 Å². The van der Waals surface area contributed by atoms with E-state index in [1.54, 1.807) is 0 Å². The number of para-hydroxylation sites is 1. The zero-order chi connectivity index (χ0) is 21.6. The van der Waals surface area contributed by atoms with Crippen molar-refractivity contribution in [3.8, 4) is 0 Å². The fourth-order valence-electron chi connectivity index (χ4n) is 4.66. The van der Waals surface area contributed by atoms with Gasteiger partial charge in [0.15, 0.2) is 5.96 Å². The van der Waals surface area contributed by atoms with Gasteiger partial charge in [0.2, 0.25) is 5.91 Å². The van der Waals surface area contributed by atoms with Crippen LogP contribution in [0.3, 0.4) is 0 Å². The Bertz CT molecular complexity index is 859. The van der Waals surface area contributed by atoms with E-state index in [-0.39, 0.29) is 6.04 Å². The summed E-state index contributed by atoms with van der Waals surface area (Å²) >= 11 is 0. The molecule has 0 saturated carbocycles. The second-order valence-corrected chi connectivity index (χ2v) is 8.60. The van der Waals surface area contributed by atoms with Gasteiger partial charge in [-0.3, -0.25) is 14.7 Å². The van der Waals surface area contributed by atoms with E-state index in [0.29, 0.717) is 5.91 Å². The molecule has 2 N–H and O–H groups in total. The number of nitrogens with zero attached hydrogens (tertiary/aromatic N) is 4. The monoisotopic (exact) mass is 424 g/mol. The molecule has 1 amide bonds. The van der Waals surface area contributed by atoms with Gasteiger partial charge in [0.05, 0.1) is 6.04 Å². The number of aromatic nitrogens is 1. The van der Waals surface area contributed by atoms with Gasteiger partial charge in [-0.15, -0.1) is 0 Å². The number of aromatic amines is 1. The number of hydrogen-bond acceptors (Lipinski definition) is 3. The Hall–Kier alpha value is -2.54. The molecule has 7 heteroatoms. The van der Waals surface area contributed by atoms with Crippen molar-refractivity contribution < 1.29 is 4.79 Å². The van der Waals surface area contributed by atoms with Crippen LogP contribution in [0.2, 0.25) is 0 Å². The van der Waals surface area contributed by atoms with Crippen molar-refractivity contribution in [2.75, 3.05) is 52.4 Å². The number of piperazine rings is 1. The van der Waals surface area contributed by atoms with Crippen LogP contribution in [0, 0.1) is 0 Å².